The van der Waals surface area contributed by atoms with E-state index in [0.29, 0.717) is 53.5 Å². The lowest BCUT2D eigenvalue weighted by Gasteiger charge is -2.44. The molecule has 0 aromatic heterocycles. The Balaban J connectivity index is 0.000000192. The van der Waals surface area contributed by atoms with E-state index in [0.717, 1.165) is 104 Å². The van der Waals surface area contributed by atoms with Gasteiger partial charge in [-0.05, 0) is 199 Å². The summed E-state index contributed by atoms with van der Waals surface area (Å²) in [7, 11) is 0. The van der Waals surface area contributed by atoms with Crippen molar-refractivity contribution in [3.63, 3.8) is 0 Å². The Kier molecular flexibility index (Phi) is 39.0. The first-order valence-corrected chi connectivity index (χ1v) is 34.8. The van der Waals surface area contributed by atoms with Crippen LogP contribution < -0.4 is 0 Å². The molecule has 0 radical (unpaired) electrons. The topological polar surface area (TPSA) is 114 Å². The third kappa shape index (κ3) is 32.9. The molecule has 474 valence electrons. The highest BCUT2D eigenvalue weighted by molar-refractivity contribution is 4.89. The maximum Gasteiger partial charge on any atom is 0.0626 e. The summed E-state index contributed by atoms with van der Waals surface area (Å²) in [5.41, 5.74) is 2.22. The highest BCUT2D eigenvalue weighted by Gasteiger charge is 2.40. The fraction of sp³-hybridized carbons (Fsp3) is 1.00. The predicted octanol–water partition coefficient (Wildman–Crippen LogP) is 17.2. The molecule has 10 heteroatoms. The molecular weight excluding hydrogens is 1000 g/mol. The van der Waals surface area contributed by atoms with Crippen molar-refractivity contribution >= 4 is 0 Å². The molecule has 3 spiro atoms. The molecule has 8 aliphatic heterocycles. The molecule has 2 N–H and O–H groups in total. The van der Waals surface area contributed by atoms with Gasteiger partial charge in [-0.1, -0.05) is 117 Å². The molecular formula is C70H134O10. The summed E-state index contributed by atoms with van der Waals surface area (Å²) in [6.07, 6.45) is 51.5. The second kappa shape index (κ2) is 43.3. The molecule has 8 heterocycles. The van der Waals surface area contributed by atoms with Gasteiger partial charge in [0.2, 0.25) is 0 Å². The van der Waals surface area contributed by atoms with Crippen molar-refractivity contribution in [3.8, 4) is 0 Å². The van der Waals surface area contributed by atoms with E-state index in [4.69, 9.17) is 48.1 Å². The van der Waals surface area contributed by atoms with Crippen molar-refractivity contribution < 1.29 is 48.1 Å². The lowest BCUT2D eigenvalue weighted by molar-refractivity contribution is -0.130. The minimum Gasteiger partial charge on any atom is -0.396 e. The zero-order chi connectivity index (χ0) is 57.5. The number of hydrogen-bond donors (Lipinski definition) is 2. The Morgan fingerprint density at radius 3 is 0.875 bits per heavy atom. The lowest BCUT2D eigenvalue weighted by atomic mass is 9.73. The molecule has 5 atom stereocenters. The van der Waals surface area contributed by atoms with E-state index in [-0.39, 0.29) is 5.60 Å². The first kappa shape index (κ1) is 72.1. The van der Waals surface area contributed by atoms with Crippen molar-refractivity contribution in [2.24, 2.45) is 45.8 Å². The number of aliphatic hydroxyl groups excluding tert-OH is 2. The normalized spacial score (nSPS) is 30.9. The van der Waals surface area contributed by atoms with Crippen molar-refractivity contribution in [2.75, 3.05) is 99.1 Å². The maximum absolute atomic E-state index is 8.69. The van der Waals surface area contributed by atoms with Gasteiger partial charge < -0.3 is 48.1 Å². The van der Waals surface area contributed by atoms with E-state index in [1.54, 1.807) is 0 Å². The molecule has 5 saturated carbocycles. The molecule has 80 heavy (non-hydrogen) atoms. The van der Waals surface area contributed by atoms with Gasteiger partial charge in [0.25, 0.3) is 0 Å². The molecule has 13 rings (SSSR count). The summed E-state index contributed by atoms with van der Waals surface area (Å²) in [4.78, 5) is 0. The Labute approximate surface area is 494 Å². The van der Waals surface area contributed by atoms with Crippen molar-refractivity contribution in [2.45, 2.75) is 304 Å². The Morgan fingerprint density at radius 2 is 0.688 bits per heavy atom. The molecule has 0 aromatic carbocycles. The van der Waals surface area contributed by atoms with E-state index >= 15 is 0 Å². The molecule has 13 fully saturated rings. The van der Waals surface area contributed by atoms with E-state index in [9.17, 15) is 0 Å². The Bertz CT molecular complexity index is 1250. The van der Waals surface area contributed by atoms with E-state index in [1.807, 2.05) is 0 Å². The van der Waals surface area contributed by atoms with Crippen LogP contribution in [0.15, 0.2) is 0 Å². The van der Waals surface area contributed by atoms with Gasteiger partial charge in [-0.3, -0.25) is 0 Å². The zero-order valence-corrected chi connectivity index (χ0v) is 54.0. The summed E-state index contributed by atoms with van der Waals surface area (Å²) in [5, 5.41) is 17.4. The van der Waals surface area contributed by atoms with Crippen LogP contribution in [0.3, 0.4) is 0 Å². The van der Waals surface area contributed by atoms with Crippen LogP contribution in [0.25, 0.3) is 0 Å². The molecule has 0 amide bonds. The molecule has 0 aromatic rings. The number of ether oxygens (including phenoxy) is 8. The number of hydrogen-bond acceptors (Lipinski definition) is 10. The fourth-order valence-corrected chi connectivity index (χ4v) is 13.9. The highest BCUT2D eigenvalue weighted by Crippen LogP contribution is 2.44. The SMILES string of the molecule is C1CCC2(CC1)COC2.C1CCC2(CC1)COC2.C1CCC2(CC1)COC2.C1CCOCC1.CC1(C)CCCCO1.CC1COCC(C)C1.C[C@@H]1CCC[C@H](C)O1.C[C@H]1CCCOC1.OCC1CCCCC1.OCC1CCCCC1. The molecule has 13 aliphatic rings. The highest BCUT2D eigenvalue weighted by atomic mass is 16.5. The average Bonchev–Trinajstić information content (AvgIpc) is 3.48. The van der Waals surface area contributed by atoms with E-state index in [2.05, 4.69) is 48.5 Å². The molecule has 5 aliphatic carbocycles. The smallest absolute Gasteiger partial charge is 0.0626 e. The Hall–Kier alpha value is -0.400. The molecule has 8 saturated heterocycles. The van der Waals surface area contributed by atoms with Crippen molar-refractivity contribution in [3.05, 3.63) is 0 Å². The van der Waals surface area contributed by atoms with Gasteiger partial charge in [0.15, 0.2) is 0 Å². The first-order chi connectivity index (χ1) is 38.8. The van der Waals surface area contributed by atoms with Crippen LogP contribution in [0, 0.1) is 45.8 Å². The zero-order valence-electron chi connectivity index (χ0n) is 54.0. The summed E-state index contributed by atoms with van der Waals surface area (Å²) in [6, 6.07) is 0. The summed E-state index contributed by atoms with van der Waals surface area (Å²) >= 11 is 0. The van der Waals surface area contributed by atoms with Gasteiger partial charge in [0.1, 0.15) is 0 Å². The van der Waals surface area contributed by atoms with Gasteiger partial charge in [0.05, 0.1) is 57.5 Å². The molecule has 2 unspecified atom stereocenters. The van der Waals surface area contributed by atoms with Gasteiger partial charge >= 0.3 is 0 Å². The van der Waals surface area contributed by atoms with E-state index in [1.165, 1.54) is 238 Å². The van der Waals surface area contributed by atoms with Crippen LogP contribution in [0.4, 0.5) is 0 Å². The number of rotatable bonds is 2. The second-order valence-electron chi connectivity index (χ2n) is 28.8. The number of aliphatic hydroxyl groups is 2. The maximum atomic E-state index is 8.69. The quantitative estimate of drug-likeness (QED) is 0.277. The summed E-state index contributed by atoms with van der Waals surface area (Å²) in [5.74, 6) is 3.68. The van der Waals surface area contributed by atoms with Crippen LogP contribution in [0.5, 0.6) is 0 Å². The average molecular weight is 1140 g/mol. The van der Waals surface area contributed by atoms with Gasteiger partial charge in [0, 0.05) is 75.7 Å². The van der Waals surface area contributed by atoms with Crippen LogP contribution in [-0.2, 0) is 37.9 Å². The van der Waals surface area contributed by atoms with Crippen LogP contribution in [0.1, 0.15) is 286 Å². The minimum absolute atomic E-state index is 0.179. The van der Waals surface area contributed by atoms with Crippen LogP contribution in [0.2, 0.25) is 0 Å². The van der Waals surface area contributed by atoms with E-state index < -0.39 is 0 Å². The fourth-order valence-electron chi connectivity index (χ4n) is 13.9. The third-order valence-electron chi connectivity index (χ3n) is 19.6. The first-order valence-electron chi connectivity index (χ1n) is 34.8. The van der Waals surface area contributed by atoms with Gasteiger partial charge in [-0.25, -0.2) is 0 Å². The van der Waals surface area contributed by atoms with Crippen LogP contribution in [-0.4, -0.2) is 127 Å². The van der Waals surface area contributed by atoms with Crippen molar-refractivity contribution in [1.82, 2.24) is 0 Å². The summed E-state index contributed by atoms with van der Waals surface area (Å²) in [6.45, 7) is 29.4. The molecule has 10 nitrogen and oxygen atoms in total. The summed E-state index contributed by atoms with van der Waals surface area (Å²) < 4.78 is 42.1. The third-order valence-corrected chi connectivity index (χ3v) is 19.6. The predicted molar refractivity (Wildman–Crippen MR) is 332 cm³/mol. The van der Waals surface area contributed by atoms with Gasteiger partial charge in [-0.15, -0.1) is 0 Å². The van der Waals surface area contributed by atoms with Gasteiger partial charge in [-0.2, -0.15) is 0 Å². The van der Waals surface area contributed by atoms with Crippen LogP contribution >= 0.6 is 0 Å². The van der Waals surface area contributed by atoms with Crippen molar-refractivity contribution in [1.29, 1.82) is 0 Å². The largest absolute Gasteiger partial charge is 0.396 e. The second-order valence-corrected chi connectivity index (χ2v) is 28.8. The Morgan fingerprint density at radius 1 is 0.325 bits per heavy atom. The lowest BCUT2D eigenvalue weighted by Crippen LogP contribution is -2.43. The monoisotopic (exact) mass is 1130 g/mol. The standard InChI is InChI=1S/3C8H14O.5C7H14O.C6H12O.C5H10O/c3*1-2-4-8(5-3-1)6-9-7-8;1-6-3-7(2)5-8-4-6;1-7(2)5-3-4-6-8-7;1-6-4-3-5-7(2)8-6;2*8-6-7-4-2-1-3-5-7;1-6-3-2-4-7-5-6;1-2-4-6-5-3-1/h3*1-7H2;6-7H,3-5H2,1-2H3;3-6H2,1-2H3;6-7H,3-5H2,1-2H3;2*7-8H,1-6H2;6H,2-5H2,1H3;1-5H2/t;;;;;6-,7+;;;6-;/m........0./s1. The molecule has 0 bridgehead atoms. The minimum atomic E-state index is 0.179.